The van der Waals surface area contributed by atoms with Gasteiger partial charge in [-0.15, -0.1) is 0 Å². The highest BCUT2D eigenvalue weighted by atomic mass is 35.5. The molecule has 0 fully saturated rings. The van der Waals surface area contributed by atoms with Crippen molar-refractivity contribution in [2.24, 2.45) is 0 Å². The van der Waals surface area contributed by atoms with Crippen molar-refractivity contribution in [2.75, 3.05) is 13.6 Å². The van der Waals surface area contributed by atoms with Gasteiger partial charge in [0.1, 0.15) is 0 Å². The van der Waals surface area contributed by atoms with E-state index in [0.29, 0.717) is 5.92 Å². The van der Waals surface area contributed by atoms with Crippen molar-refractivity contribution in [1.29, 1.82) is 0 Å². The standard InChI is InChI=1S/C16H17Cl2N/c1-19-11-14(13-5-7-15(17)8-6-13)9-12-3-2-4-16(18)10-12/h2-8,10,14,19H,9,11H2,1H3. The Bertz CT molecular complexity index is 523. The van der Waals surface area contributed by atoms with E-state index in [1.54, 1.807) is 0 Å². The van der Waals surface area contributed by atoms with E-state index >= 15 is 0 Å². The van der Waals surface area contributed by atoms with Crippen molar-refractivity contribution in [2.45, 2.75) is 12.3 Å². The van der Waals surface area contributed by atoms with E-state index in [0.717, 1.165) is 23.0 Å². The van der Waals surface area contributed by atoms with Crippen LogP contribution in [0, 0.1) is 0 Å². The fraction of sp³-hybridized carbons (Fsp3) is 0.250. The minimum absolute atomic E-state index is 0.417. The first-order valence-electron chi connectivity index (χ1n) is 6.33. The molecular formula is C16H17Cl2N. The van der Waals surface area contributed by atoms with Gasteiger partial charge in [0.2, 0.25) is 0 Å². The van der Waals surface area contributed by atoms with E-state index in [1.165, 1.54) is 11.1 Å². The quantitative estimate of drug-likeness (QED) is 0.853. The zero-order valence-corrected chi connectivity index (χ0v) is 12.4. The summed E-state index contributed by atoms with van der Waals surface area (Å²) in [5.41, 5.74) is 2.54. The first-order valence-corrected chi connectivity index (χ1v) is 7.09. The second kappa shape index (κ2) is 6.95. The average Bonchev–Trinajstić information content (AvgIpc) is 2.39. The van der Waals surface area contributed by atoms with E-state index in [2.05, 4.69) is 23.5 Å². The lowest BCUT2D eigenvalue weighted by Gasteiger charge is -2.17. The van der Waals surface area contributed by atoms with Crippen LogP contribution >= 0.6 is 23.2 Å². The molecule has 1 nitrogen and oxygen atoms in total. The van der Waals surface area contributed by atoms with Crippen LogP contribution in [0.15, 0.2) is 48.5 Å². The van der Waals surface area contributed by atoms with Crippen LogP contribution in [0.2, 0.25) is 10.0 Å². The number of benzene rings is 2. The van der Waals surface area contributed by atoms with Gasteiger partial charge in [0.15, 0.2) is 0 Å². The lowest BCUT2D eigenvalue weighted by atomic mass is 9.92. The summed E-state index contributed by atoms with van der Waals surface area (Å²) in [5.74, 6) is 0.417. The van der Waals surface area contributed by atoms with E-state index in [-0.39, 0.29) is 0 Å². The van der Waals surface area contributed by atoms with E-state index in [9.17, 15) is 0 Å². The Morgan fingerprint density at radius 1 is 1.00 bits per heavy atom. The molecule has 0 radical (unpaired) electrons. The maximum absolute atomic E-state index is 6.04. The number of hydrogen-bond donors (Lipinski definition) is 1. The van der Waals surface area contributed by atoms with Gasteiger partial charge in [-0.05, 0) is 48.9 Å². The van der Waals surface area contributed by atoms with Gasteiger partial charge in [0.25, 0.3) is 0 Å². The fourth-order valence-electron chi connectivity index (χ4n) is 2.24. The van der Waals surface area contributed by atoms with Gasteiger partial charge in [-0.25, -0.2) is 0 Å². The smallest absolute Gasteiger partial charge is 0.0408 e. The maximum Gasteiger partial charge on any atom is 0.0408 e. The topological polar surface area (TPSA) is 12.0 Å². The number of nitrogens with one attached hydrogen (secondary N) is 1. The number of hydrogen-bond acceptors (Lipinski definition) is 1. The number of likely N-dealkylation sites (N-methyl/N-ethyl adjacent to an activating group) is 1. The Labute approximate surface area is 124 Å². The lowest BCUT2D eigenvalue weighted by Crippen LogP contribution is -2.19. The van der Waals surface area contributed by atoms with Crippen LogP contribution in [0.3, 0.4) is 0 Å². The summed E-state index contributed by atoms with van der Waals surface area (Å²) in [7, 11) is 1.97. The lowest BCUT2D eigenvalue weighted by molar-refractivity contribution is 0.626. The molecule has 0 aromatic heterocycles. The normalized spacial score (nSPS) is 12.4. The first-order chi connectivity index (χ1) is 9.19. The molecule has 100 valence electrons. The highest BCUT2D eigenvalue weighted by Crippen LogP contribution is 2.23. The Morgan fingerprint density at radius 2 is 1.74 bits per heavy atom. The molecular weight excluding hydrogens is 277 g/mol. The van der Waals surface area contributed by atoms with Crippen molar-refractivity contribution < 1.29 is 0 Å². The minimum Gasteiger partial charge on any atom is -0.319 e. The first kappa shape index (κ1) is 14.4. The zero-order chi connectivity index (χ0) is 13.7. The average molecular weight is 294 g/mol. The van der Waals surface area contributed by atoms with Crippen LogP contribution in [-0.4, -0.2) is 13.6 Å². The zero-order valence-electron chi connectivity index (χ0n) is 10.9. The monoisotopic (exact) mass is 293 g/mol. The molecule has 1 atom stereocenters. The highest BCUT2D eigenvalue weighted by molar-refractivity contribution is 6.30. The number of rotatable bonds is 5. The predicted molar refractivity (Wildman–Crippen MR) is 83.3 cm³/mol. The Kier molecular flexibility index (Phi) is 5.26. The largest absolute Gasteiger partial charge is 0.319 e. The number of halogens is 2. The van der Waals surface area contributed by atoms with Crippen molar-refractivity contribution >= 4 is 23.2 Å². The summed E-state index contributed by atoms with van der Waals surface area (Å²) in [6.07, 6.45) is 0.961. The molecule has 2 rings (SSSR count). The van der Waals surface area contributed by atoms with Gasteiger partial charge in [-0.3, -0.25) is 0 Å². The Balaban J connectivity index is 2.18. The third-order valence-corrected chi connectivity index (χ3v) is 3.65. The summed E-state index contributed by atoms with van der Waals surface area (Å²) in [5, 5.41) is 4.81. The summed E-state index contributed by atoms with van der Waals surface area (Å²) < 4.78 is 0. The van der Waals surface area contributed by atoms with Crippen molar-refractivity contribution in [1.82, 2.24) is 5.32 Å². The minimum atomic E-state index is 0.417. The van der Waals surface area contributed by atoms with Crippen molar-refractivity contribution in [3.63, 3.8) is 0 Å². The van der Waals surface area contributed by atoms with Gasteiger partial charge in [-0.1, -0.05) is 47.5 Å². The molecule has 2 aromatic carbocycles. The predicted octanol–water partition coefficient (Wildman–Crippen LogP) is 4.54. The third kappa shape index (κ3) is 4.24. The fourth-order valence-corrected chi connectivity index (χ4v) is 2.58. The van der Waals surface area contributed by atoms with Crippen LogP contribution < -0.4 is 5.32 Å². The molecule has 1 unspecified atom stereocenters. The molecule has 0 heterocycles. The summed E-state index contributed by atoms with van der Waals surface area (Å²) >= 11 is 12.0. The van der Waals surface area contributed by atoms with Crippen LogP contribution in [-0.2, 0) is 6.42 Å². The van der Waals surface area contributed by atoms with Crippen LogP contribution in [0.1, 0.15) is 17.0 Å². The molecule has 3 heteroatoms. The van der Waals surface area contributed by atoms with Gasteiger partial charge in [0.05, 0.1) is 0 Å². The third-order valence-electron chi connectivity index (χ3n) is 3.16. The molecule has 19 heavy (non-hydrogen) atoms. The van der Waals surface area contributed by atoms with E-state index in [4.69, 9.17) is 23.2 Å². The van der Waals surface area contributed by atoms with Gasteiger partial charge in [0, 0.05) is 22.5 Å². The van der Waals surface area contributed by atoms with Gasteiger partial charge in [-0.2, -0.15) is 0 Å². The molecule has 0 spiro atoms. The SMILES string of the molecule is CNCC(Cc1cccc(Cl)c1)c1ccc(Cl)cc1. The van der Waals surface area contributed by atoms with Crippen LogP contribution in [0.5, 0.6) is 0 Å². The van der Waals surface area contributed by atoms with E-state index in [1.807, 2.05) is 37.4 Å². The Morgan fingerprint density at radius 3 is 2.37 bits per heavy atom. The Hall–Kier alpha value is -1.02. The molecule has 0 aliphatic rings. The molecule has 2 aromatic rings. The second-order valence-corrected chi connectivity index (χ2v) is 5.51. The van der Waals surface area contributed by atoms with Crippen LogP contribution in [0.4, 0.5) is 0 Å². The summed E-state index contributed by atoms with van der Waals surface area (Å²) in [6, 6.07) is 16.1. The van der Waals surface area contributed by atoms with E-state index < -0.39 is 0 Å². The second-order valence-electron chi connectivity index (χ2n) is 4.64. The van der Waals surface area contributed by atoms with Crippen LogP contribution in [0.25, 0.3) is 0 Å². The molecule has 0 saturated carbocycles. The molecule has 0 aliphatic heterocycles. The molecule has 0 amide bonds. The molecule has 0 saturated heterocycles. The maximum atomic E-state index is 6.04. The summed E-state index contributed by atoms with van der Waals surface area (Å²) in [6.45, 7) is 0.925. The van der Waals surface area contributed by atoms with Crippen molar-refractivity contribution in [3.05, 3.63) is 69.7 Å². The molecule has 1 N–H and O–H groups in total. The summed E-state index contributed by atoms with van der Waals surface area (Å²) in [4.78, 5) is 0. The van der Waals surface area contributed by atoms with Gasteiger partial charge < -0.3 is 5.32 Å². The molecule has 0 bridgehead atoms. The van der Waals surface area contributed by atoms with Crippen molar-refractivity contribution in [3.8, 4) is 0 Å². The highest BCUT2D eigenvalue weighted by Gasteiger charge is 2.11. The van der Waals surface area contributed by atoms with Gasteiger partial charge >= 0.3 is 0 Å². The molecule has 0 aliphatic carbocycles.